The van der Waals surface area contributed by atoms with Gasteiger partial charge in [0.1, 0.15) is 0 Å². The van der Waals surface area contributed by atoms with Gasteiger partial charge in [0.25, 0.3) is 0 Å². The summed E-state index contributed by atoms with van der Waals surface area (Å²) in [6, 6.07) is 32.6. The monoisotopic (exact) mass is 561 g/mol. The number of fused-ring (bicyclic) bond motifs is 5. The fourth-order valence-corrected chi connectivity index (χ4v) is 10.9. The molecule has 3 heterocycles. The van der Waals surface area contributed by atoms with E-state index in [4.69, 9.17) is 0 Å². The van der Waals surface area contributed by atoms with Crippen LogP contribution >= 0.6 is 11.8 Å². The third kappa shape index (κ3) is 3.19. The molecule has 4 heteroatoms. The molecule has 0 aromatic heterocycles. The minimum atomic E-state index is 0.0920. The van der Waals surface area contributed by atoms with Crippen molar-refractivity contribution in [2.45, 2.75) is 54.7 Å². The molecule has 0 unspecified atom stereocenters. The summed E-state index contributed by atoms with van der Waals surface area (Å²) in [5.74, 6) is 0. The summed E-state index contributed by atoms with van der Waals surface area (Å²) in [7, 11) is 0. The second kappa shape index (κ2) is 8.17. The molecule has 4 aliphatic rings. The average Bonchev–Trinajstić information content (AvgIpc) is 2.93. The summed E-state index contributed by atoms with van der Waals surface area (Å²) >= 11 is 2.36. The fourth-order valence-electron chi connectivity index (χ4n) is 7.11. The van der Waals surface area contributed by atoms with Gasteiger partial charge in [-0.15, -0.1) is 0 Å². The van der Waals surface area contributed by atoms with Crippen LogP contribution in [-0.4, -0.2) is 21.7 Å². The first kappa shape index (κ1) is 22.3. The SMILES string of the molecule is CC1(C)C2=C(CCCC2)N(c2ccc3c(c2)Sc2cccc4c2B3c2ccccc2[Se]4)c2ccccc21. The molecule has 8 rings (SSSR count). The van der Waals surface area contributed by atoms with Gasteiger partial charge in [-0.2, -0.15) is 0 Å². The Labute approximate surface area is 230 Å². The van der Waals surface area contributed by atoms with Crippen LogP contribution in [0.2, 0.25) is 0 Å². The molecule has 0 fully saturated rings. The molecule has 1 nitrogen and oxygen atoms in total. The predicted octanol–water partition coefficient (Wildman–Crippen LogP) is 4.89. The third-order valence-electron chi connectivity index (χ3n) is 8.83. The Morgan fingerprint density at radius 2 is 1.59 bits per heavy atom. The predicted molar refractivity (Wildman–Crippen MR) is 160 cm³/mol. The number of hydrogen-bond acceptors (Lipinski definition) is 2. The van der Waals surface area contributed by atoms with Crippen molar-refractivity contribution in [2.24, 2.45) is 0 Å². The van der Waals surface area contributed by atoms with Crippen molar-refractivity contribution >= 4 is 70.1 Å². The van der Waals surface area contributed by atoms with E-state index in [0.717, 1.165) is 0 Å². The molecule has 0 spiro atoms. The van der Waals surface area contributed by atoms with Crippen LogP contribution in [0.5, 0.6) is 0 Å². The van der Waals surface area contributed by atoms with E-state index >= 15 is 0 Å². The Hall–Kier alpha value is -2.65. The maximum absolute atomic E-state index is 2.61. The minimum absolute atomic E-state index is 0.0920. The van der Waals surface area contributed by atoms with Gasteiger partial charge in [0.15, 0.2) is 0 Å². The van der Waals surface area contributed by atoms with Gasteiger partial charge in [-0.1, -0.05) is 0 Å². The molecule has 0 radical (unpaired) electrons. The van der Waals surface area contributed by atoms with Crippen LogP contribution < -0.4 is 30.2 Å². The van der Waals surface area contributed by atoms with E-state index in [1.165, 1.54) is 67.8 Å². The van der Waals surface area contributed by atoms with Gasteiger partial charge in [-0.3, -0.25) is 0 Å². The topological polar surface area (TPSA) is 3.24 Å². The number of nitrogens with zero attached hydrogens (tertiary/aromatic N) is 1. The number of anilines is 2. The number of allylic oxidation sites excluding steroid dienone is 2. The van der Waals surface area contributed by atoms with Crippen LogP contribution in [-0.2, 0) is 5.41 Å². The summed E-state index contributed by atoms with van der Waals surface area (Å²) in [5, 5.41) is 0. The summed E-state index contributed by atoms with van der Waals surface area (Å²) < 4.78 is 3.09. The van der Waals surface area contributed by atoms with E-state index in [9.17, 15) is 0 Å². The number of hydrogen-bond donors (Lipinski definition) is 0. The van der Waals surface area contributed by atoms with E-state index in [1.54, 1.807) is 21.2 Å². The zero-order valence-corrected chi connectivity index (χ0v) is 23.8. The molecule has 0 bridgehead atoms. The van der Waals surface area contributed by atoms with Crippen molar-refractivity contribution in [1.82, 2.24) is 0 Å². The fraction of sp³-hybridized carbons (Fsp3) is 0.212. The quantitative estimate of drug-likeness (QED) is 0.264. The van der Waals surface area contributed by atoms with Gasteiger partial charge in [-0.05, 0) is 0 Å². The Morgan fingerprint density at radius 3 is 2.54 bits per heavy atom. The van der Waals surface area contributed by atoms with Crippen LogP contribution in [0.3, 0.4) is 0 Å². The van der Waals surface area contributed by atoms with Gasteiger partial charge in [0, 0.05) is 0 Å². The van der Waals surface area contributed by atoms with Gasteiger partial charge >= 0.3 is 232 Å². The third-order valence-corrected chi connectivity index (χ3v) is 12.4. The summed E-state index contributed by atoms with van der Waals surface area (Å²) in [4.78, 5) is 5.47. The molecule has 4 aromatic rings. The van der Waals surface area contributed by atoms with E-state index in [2.05, 4.69) is 104 Å². The first-order chi connectivity index (χ1) is 18.1. The maximum atomic E-state index is 2.61. The Bertz CT molecular complexity index is 1640. The second-order valence-corrected chi connectivity index (χ2v) is 14.5. The van der Waals surface area contributed by atoms with Crippen LogP contribution in [0.4, 0.5) is 11.4 Å². The first-order valence-electron chi connectivity index (χ1n) is 13.4. The van der Waals surface area contributed by atoms with Crippen molar-refractivity contribution < 1.29 is 0 Å². The average molecular weight is 560 g/mol. The van der Waals surface area contributed by atoms with E-state index in [-0.39, 0.29) is 5.41 Å². The van der Waals surface area contributed by atoms with E-state index in [1.807, 2.05) is 11.8 Å². The number of benzene rings is 4. The van der Waals surface area contributed by atoms with Gasteiger partial charge in [0.2, 0.25) is 0 Å². The molecule has 0 saturated heterocycles. The molecule has 3 aliphatic heterocycles. The number of rotatable bonds is 1. The molecule has 180 valence electrons. The van der Waals surface area contributed by atoms with E-state index < -0.39 is 0 Å². The second-order valence-electron chi connectivity index (χ2n) is 11.2. The standard InChI is InChI=1S/C33H28BNSSe/c1-33(2)22-10-3-6-13-26(22)35(27-14-7-4-11-23(27)33)21-18-19-24-29(20-21)36-28-15-9-17-31-32(28)34(24)25-12-5-8-16-30(25)37-31/h3,5-6,8-10,12-13,15-20H,4,7,11,14H2,1-2H3. The Kier molecular flexibility index (Phi) is 4.94. The van der Waals surface area contributed by atoms with Crippen molar-refractivity contribution in [3.63, 3.8) is 0 Å². The molecule has 4 aromatic carbocycles. The molecular formula is C33H28BNSSe. The Balaban J connectivity index is 1.32. The van der Waals surface area contributed by atoms with Crippen molar-refractivity contribution in [3.05, 3.63) is 102 Å². The molecule has 37 heavy (non-hydrogen) atoms. The van der Waals surface area contributed by atoms with Gasteiger partial charge in [0.05, 0.1) is 0 Å². The van der Waals surface area contributed by atoms with Crippen molar-refractivity contribution in [3.8, 4) is 0 Å². The van der Waals surface area contributed by atoms with E-state index in [0.29, 0.717) is 21.7 Å². The van der Waals surface area contributed by atoms with Crippen LogP contribution in [0.25, 0.3) is 0 Å². The van der Waals surface area contributed by atoms with Crippen molar-refractivity contribution in [1.29, 1.82) is 0 Å². The Morgan fingerprint density at radius 1 is 0.784 bits per heavy atom. The molecule has 1 aliphatic carbocycles. The molecule has 0 atom stereocenters. The van der Waals surface area contributed by atoms with Crippen LogP contribution in [0.15, 0.2) is 106 Å². The zero-order chi connectivity index (χ0) is 24.7. The summed E-state index contributed by atoms with van der Waals surface area (Å²) in [5.41, 5.74) is 12.0. The normalized spacial score (nSPS) is 18.4. The first-order valence-corrected chi connectivity index (χ1v) is 16.0. The van der Waals surface area contributed by atoms with Crippen LogP contribution in [0.1, 0.15) is 45.1 Å². The molecule has 0 amide bonds. The summed E-state index contributed by atoms with van der Waals surface area (Å²) in [6.45, 7) is 5.21. The number of para-hydroxylation sites is 1. The molecule has 0 N–H and O–H groups in total. The summed E-state index contributed by atoms with van der Waals surface area (Å²) in [6.07, 6.45) is 4.97. The van der Waals surface area contributed by atoms with Crippen molar-refractivity contribution in [2.75, 3.05) is 4.90 Å². The molecular weight excluding hydrogens is 532 g/mol. The van der Waals surface area contributed by atoms with Gasteiger partial charge in [-0.25, -0.2) is 0 Å². The molecule has 0 saturated carbocycles. The van der Waals surface area contributed by atoms with Crippen LogP contribution in [0, 0.1) is 0 Å². The zero-order valence-electron chi connectivity index (χ0n) is 21.3. The van der Waals surface area contributed by atoms with Gasteiger partial charge < -0.3 is 0 Å².